The van der Waals surface area contributed by atoms with Gasteiger partial charge in [-0.05, 0) is 58.9 Å². The van der Waals surface area contributed by atoms with E-state index < -0.39 is 0 Å². The molecule has 0 radical (unpaired) electrons. The molecule has 3 nitrogen and oxygen atoms in total. The van der Waals surface area contributed by atoms with Crippen LogP contribution in [0.3, 0.4) is 0 Å². The van der Waals surface area contributed by atoms with Gasteiger partial charge in [0.05, 0.1) is 11.2 Å². The van der Waals surface area contributed by atoms with Crippen LogP contribution in [0.15, 0.2) is 0 Å². The van der Waals surface area contributed by atoms with Gasteiger partial charge in [-0.3, -0.25) is 0 Å². The molecule has 1 fully saturated rings. The topological polar surface area (TPSA) is 28.2 Å². The average Bonchev–Trinajstić information content (AvgIpc) is 3.02. The van der Waals surface area contributed by atoms with Crippen molar-refractivity contribution in [2.24, 2.45) is 0 Å². The van der Waals surface area contributed by atoms with Gasteiger partial charge < -0.3 is 10.2 Å². The molecule has 0 aromatic carbocycles. The molecule has 1 N–H and O–H groups in total. The number of aryl methyl sites for hydroxylation is 2. The lowest BCUT2D eigenvalue weighted by Crippen LogP contribution is -2.53. The molecule has 1 saturated heterocycles. The van der Waals surface area contributed by atoms with Gasteiger partial charge in [0.2, 0.25) is 0 Å². The van der Waals surface area contributed by atoms with Crippen molar-refractivity contribution in [1.29, 1.82) is 0 Å². The Morgan fingerprint density at radius 3 is 2.67 bits per heavy atom. The minimum Gasteiger partial charge on any atom is -0.303 e. The summed E-state index contributed by atoms with van der Waals surface area (Å²) in [6, 6.07) is 0.515. The lowest BCUT2D eigenvalue weighted by atomic mass is 9.87. The first kappa shape index (κ1) is 15.4. The van der Waals surface area contributed by atoms with Gasteiger partial charge in [0.15, 0.2) is 0 Å². The van der Waals surface area contributed by atoms with Crippen LogP contribution in [-0.4, -0.2) is 35.6 Å². The summed E-state index contributed by atoms with van der Waals surface area (Å²) in [4.78, 5) is 9.22. The molecular formula is C17H29N3S. The van der Waals surface area contributed by atoms with Gasteiger partial charge >= 0.3 is 0 Å². The fourth-order valence-electron chi connectivity index (χ4n) is 3.84. The smallest absolute Gasteiger partial charge is 0.113 e. The van der Waals surface area contributed by atoms with Crippen LogP contribution in [0.25, 0.3) is 0 Å². The largest absolute Gasteiger partial charge is 0.303 e. The molecule has 1 aliphatic heterocycles. The first-order chi connectivity index (χ1) is 10.1. The summed E-state index contributed by atoms with van der Waals surface area (Å²) in [6.07, 6.45) is 7.44. The molecule has 2 aliphatic rings. The third-order valence-electron chi connectivity index (χ3n) is 4.82. The van der Waals surface area contributed by atoms with Gasteiger partial charge in [-0.15, -0.1) is 11.3 Å². The van der Waals surface area contributed by atoms with Crippen molar-refractivity contribution in [2.45, 2.75) is 70.9 Å². The van der Waals surface area contributed by atoms with Crippen LogP contribution in [0, 0.1) is 0 Å². The first-order valence-corrected chi connectivity index (χ1v) is 9.44. The minimum atomic E-state index is 0.132. The highest BCUT2D eigenvalue weighted by Crippen LogP contribution is 2.39. The summed E-state index contributed by atoms with van der Waals surface area (Å²) in [7, 11) is 0. The molecule has 0 atom stereocenters. The molecule has 0 unspecified atom stereocenters. The fourth-order valence-corrected chi connectivity index (χ4v) is 5.20. The van der Waals surface area contributed by atoms with Crippen LogP contribution < -0.4 is 5.32 Å². The van der Waals surface area contributed by atoms with Gasteiger partial charge in [0.25, 0.3) is 0 Å². The maximum Gasteiger partial charge on any atom is 0.113 e. The Labute approximate surface area is 133 Å². The molecule has 4 heteroatoms. The van der Waals surface area contributed by atoms with Gasteiger partial charge in [0, 0.05) is 24.0 Å². The van der Waals surface area contributed by atoms with Crippen molar-refractivity contribution in [3.8, 4) is 0 Å². The van der Waals surface area contributed by atoms with E-state index in [0.29, 0.717) is 6.04 Å². The highest BCUT2D eigenvalue weighted by atomic mass is 32.1. The predicted octanol–water partition coefficient (Wildman–Crippen LogP) is 3.33. The van der Waals surface area contributed by atoms with Gasteiger partial charge in [-0.1, -0.05) is 6.92 Å². The Bertz CT molecular complexity index is 451. The van der Waals surface area contributed by atoms with Crippen LogP contribution in [0.5, 0.6) is 0 Å². The van der Waals surface area contributed by atoms with Gasteiger partial charge in [0.1, 0.15) is 5.01 Å². The predicted molar refractivity (Wildman–Crippen MR) is 90.1 cm³/mol. The van der Waals surface area contributed by atoms with Crippen molar-refractivity contribution in [2.75, 3.05) is 19.6 Å². The van der Waals surface area contributed by atoms with Crippen LogP contribution in [-0.2, 0) is 18.4 Å². The summed E-state index contributed by atoms with van der Waals surface area (Å²) in [5.41, 5.74) is 1.53. The number of fused-ring (bicyclic) bond motifs is 1. The van der Waals surface area contributed by atoms with Crippen LogP contribution in [0.1, 0.15) is 62.0 Å². The van der Waals surface area contributed by atoms with E-state index in [9.17, 15) is 0 Å². The zero-order chi connectivity index (χ0) is 14.9. The van der Waals surface area contributed by atoms with E-state index in [4.69, 9.17) is 4.98 Å². The second-order valence-electron chi connectivity index (χ2n) is 6.97. The van der Waals surface area contributed by atoms with Crippen LogP contribution >= 0.6 is 11.3 Å². The number of likely N-dealkylation sites (tertiary alicyclic amines) is 1. The number of piperidine rings is 1. The molecule has 1 aromatic heterocycles. The molecule has 2 heterocycles. The molecule has 0 bridgehead atoms. The maximum absolute atomic E-state index is 5.05. The fraction of sp³-hybridized carbons (Fsp3) is 0.824. The number of rotatable bonds is 5. The number of nitrogens with zero attached hydrogens (tertiary/aromatic N) is 2. The Balaban J connectivity index is 1.80. The summed E-state index contributed by atoms with van der Waals surface area (Å²) in [5, 5.41) is 5.26. The molecular weight excluding hydrogens is 278 g/mol. The number of hydrogen-bond donors (Lipinski definition) is 1. The van der Waals surface area contributed by atoms with E-state index in [0.717, 1.165) is 0 Å². The van der Waals surface area contributed by atoms with Crippen molar-refractivity contribution in [3.63, 3.8) is 0 Å². The normalized spacial score (nSPS) is 21.9. The van der Waals surface area contributed by atoms with Crippen molar-refractivity contribution in [1.82, 2.24) is 15.2 Å². The van der Waals surface area contributed by atoms with Crippen molar-refractivity contribution < 1.29 is 0 Å². The highest BCUT2D eigenvalue weighted by molar-refractivity contribution is 7.12. The average molecular weight is 308 g/mol. The molecule has 0 saturated carbocycles. The zero-order valence-electron chi connectivity index (χ0n) is 13.7. The van der Waals surface area contributed by atoms with Crippen molar-refractivity contribution >= 4 is 11.3 Å². The number of nitrogens with one attached hydrogen (secondary N) is 1. The third kappa shape index (κ3) is 3.17. The van der Waals surface area contributed by atoms with E-state index in [-0.39, 0.29) is 5.54 Å². The molecule has 1 aliphatic carbocycles. The van der Waals surface area contributed by atoms with Crippen LogP contribution in [0.2, 0.25) is 0 Å². The molecule has 0 spiro atoms. The summed E-state index contributed by atoms with van der Waals surface area (Å²) in [5.74, 6) is 0. The lowest BCUT2D eigenvalue weighted by molar-refractivity contribution is 0.126. The SMILES string of the molecule is CCCN1CCC(NC(C)C)(c2nc3c(s2)CCC3)CC1. The van der Waals surface area contributed by atoms with Gasteiger partial charge in [-0.2, -0.15) is 0 Å². The molecule has 0 amide bonds. The van der Waals surface area contributed by atoms with E-state index in [2.05, 4.69) is 31.0 Å². The Hall–Kier alpha value is -0.450. The quantitative estimate of drug-likeness (QED) is 0.904. The molecule has 1 aromatic rings. The summed E-state index contributed by atoms with van der Waals surface area (Å²) >= 11 is 1.99. The van der Waals surface area contributed by atoms with E-state index in [1.54, 1.807) is 4.88 Å². The second-order valence-corrected chi connectivity index (χ2v) is 8.05. The second kappa shape index (κ2) is 6.35. The zero-order valence-corrected chi connectivity index (χ0v) is 14.6. The number of aromatic nitrogens is 1. The van der Waals surface area contributed by atoms with Crippen molar-refractivity contribution in [3.05, 3.63) is 15.6 Å². The summed E-state index contributed by atoms with van der Waals surface area (Å²) < 4.78 is 0. The van der Waals surface area contributed by atoms with E-state index in [1.807, 2.05) is 11.3 Å². The van der Waals surface area contributed by atoms with Crippen LogP contribution in [0.4, 0.5) is 0 Å². The highest BCUT2D eigenvalue weighted by Gasteiger charge is 2.39. The Morgan fingerprint density at radius 1 is 1.29 bits per heavy atom. The molecule has 118 valence electrons. The lowest BCUT2D eigenvalue weighted by Gasteiger charge is -2.42. The third-order valence-corrected chi connectivity index (χ3v) is 6.18. The first-order valence-electron chi connectivity index (χ1n) is 8.62. The van der Waals surface area contributed by atoms with Gasteiger partial charge in [-0.25, -0.2) is 4.98 Å². The monoisotopic (exact) mass is 307 g/mol. The molecule has 3 rings (SSSR count). The number of hydrogen-bond acceptors (Lipinski definition) is 4. The Morgan fingerprint density at radius 2 is 2.05 bits per heavy atom. The standard InChI is InChI=1S/C17H29N3S/c1-4-10-20-11-8-17(9-12-20,19-13(2)3)16-18-14-6-5-7-15(14)21-16/h13,19H,4-12H2,1-3H3. The summed E-state index contributed by atoms with van der Waals surface area (Å²) in [6.45, 7) is 10.5. The van der Waals surface area contributed by atoms with E-state index in [1.165, 1.54) is 68.9 Å². The maximum atomic E-state index is 5.05. The minimum absolute atomic E-state index is 0.132. The van der Waals surface area contributed by atoms with E-state index >= 15 is 0 Å². The number of thiazole rings is 1. The molecule has 21 heavy (non-hydrogen) atoms. The Kier molecular flexibility index (Phi) is 4.67.